The molecular formula is C9H13F2N3O. The predicted octanol–water partition coefficient (Wildman–Crippen LogP) is 2.02. The number of halogens is 2. The number of hydrogen-bond acceptors (Lipinski definition) is 4. The van der Waals surface area contributed by atoms with Crippen molar-refractivity contribution in [2.24, 2.45) is 5.92 Å². The summed E-state index contributed by atoms with van der Waals surface area (Å²) in [5, 5.41) is 3.65. The zero-order valence-electron chi connectivity index (χ0n) is 8.25. The highest BCUT2D eigenvalue weighted by atomic mass is 19.3. The SMILES string of the molecule is Nc1nc(CC2CCC(F)(F)CC2)no1. The third kappa shape index (κ3) is 2.64. The van der Waals surface area contributed by atoms with Crippen molar-refractivity contribution in [2.45, 2.75) is 38.0 Å². The van der Waals surface area contributed by atoms with Crippen molar-refractivity contribution in [2.75, 3.05) is 5.73 Å². The molecule has 0 unspecified atom stereocenters. The molecule has 6 heteroatoms. The van der Waals surface area contributed by atoms with Gasteiger partial charge in [-0.2, -0.15) is 4.98 Å². The highest BCUT2D eigenvalue weighted by Crippen LogP contribution is 2.37. The summed E-state index contributed by atoms with van der Waals surface area (Å²) in [6, 6.07) is 0.0335. The molecule has 1 aliphatic carbocycles. The molecule has 0 aromatic carbocycles. The number of alkyl halides is 2. The number of nitrogens with zero attached hydrogens (tertiary/aromatic N) is 2. The first-order chi connectivity index (χ1) is 7.05. The van der Waals surface area contributed by atoms with E-state index in [1.54, 1.807) is 0 Å². The van der Waals surface area contributed by atoms with E-state index >= 15 is 0 Å². The van der Waals surface area contributed by atoms with Gasteiger partial charge in [-0.1, -0.05) is 5.16 Å². The Kier molecular flexibility index (Phi) is 2.58. The lowest BCUT2D eigenvalue weighted by Crippen LogP contribution is -2.25. The zero-order chi connectivity index (χ0) is 10.9. The van der Waals surface area contributed by atoms with Crippen molar-refractivity contribution in [1.82, 2.24) is 10.1 Å². The van der Waals surface area contributed by atoms with Crippen LogP contribution in [-0.4, -0.2) is 16.1 Å². The first-order valence-electron chi connectivity index (χ1n) is 5.01. The summed E-state index contributed by atoms with van der Waals surface area (Å²) in [6.07, 6.45) is 1.54. The molecule has 4 nitrogen and oxygen atoms in total. The van der Waals surface area contributed by atoms with Crippen LogP contribution in [0, 0.1) is 5.92 Å². The van der Waals surface area contributed by atoms with E-state index < -0.39 is 5.92 Å². The van der Waals surface area contributed by atoms with Gasteiger partial charge in [0.2, 0.25) is 5.92 Å². The van der Waals surface area contributed by atoms with Gasteiger partial charge in [-0.05, 0) is 18.8 Å². The number of hydrogen-bond donors (Lipinski definition) is 1. The smallest absolute Gasteiger partial charge is 0.318 e. The normalized spacial score (nSPS) is 21.7. The Bertz CT molecular complexity index is 330. The Hall–Kier alpha value is -1.20. The number of anilines is 1. The van der Waals surface area contributed by atoms with E-state index in [2.05, 4.69) is 14.7 Å². The summed E-state index contributed by atoms with van der Waals surface area (Å²) in [4.78, 5) is 3.85. The van der Waals surface area contributed by atoms with Gasteiger partial charge < -0.3 is 10.3 Å². The summed E-state index contributed by atoms with van der Waals surface area (Å²) in [5.41, 5.74) is 5.27. The molecule has 84 valence electrons. The van der Waals surface area contributed by atoms with Gasteiger partial charge in [0.1, 0.15) is 0 Å². The van der Waals surface area contributed by atoms with Crippen molar-refractivity contribution < 1.29 is 13.3 Å². The average Bonchev–Trinajstić information content (AvgIpc) is 2.55. The van der Waals surface area contributed by atoms with E-state index in [1.165, 1.54) is 0 Å². The molecule has 0 spiro atoms. The summed E-state index contributed by atoms with van der Waals surface area (Å²) in [5.74, 6) is -1.74. The van der Waals surface area contributed by atoms with E-state index in [-0.39, 0.29) is 24.8 Å². The molecule has 1 fully saturated rings. The first kappa shape index (κ1) is 10.3. The van der Waals surface area contributed by atoms with Crippen LogP contribution in [0.3, 0.4) is 0 Å². The highest BCUT2D eigenvalue weighted by molar-refractivity contribution is 5.07. The van der Waals surface area contributed by atoms with Crippen molar-refractivity contribution >= 4 is 6.01 Å². The Morgan fingerprint density at radius 2 is 2.07 bits per heavy atom. The lowest BCUT2D eigenvalue weighted by molar-refractivity contribution is -0.0458. The fraction of sp³-hybridized carbons (Fsp3) is 0.778. The van der Waals surface area contributed by atoms with Gasteiger partial charge in [0.15, 0.2) is 5.82 Å². The summed E-state index contributed by atoms with van der Waals surface area (Å²) >= 11 is 0. The molecule has 15 heavy (non-hydrogen) atoms. The van der Waals surface area contributed by atoms with Crippen molar-refractivity contribution in [3.8, 4) is 0 Å². The molecule has 0 saturated heterocycles. The van der Waals surface area contributed by atoms with Crippen LogP contribution in [0.4, 0.5) is 14.8 Å². The van der Waals surface area contributed by atoms with Crippen molar-refractivity contribution in [3.63, 3.8) is 0 Å². The molecule has 1 aromatic heterocycles. The third-order valence-electron chi connectivity index (χ3n) is 2.79. The number of rotatable bonds is 2. The quantitative estimate of drug-likeness (QED) is 0.823. The average molecular weight is 217 g/mol. The molecule has 0 amide bonds. The van der Waals surface area contributed by atoms with Gasteiger partial charge >= 0.3 is 6.01 Å². The van der Waals surface area contributed by atoms with E-state index in [1.807, 2.05) is 0 Å². The molecule has 0 aliphatic heterocycles. The van der Waals surface area contributed by atoms with Crippen LogP contribution < -0.4 is 5.73 Å². The Morgan fingerprint density at radius 3 is 2.60 bits per heavy atom. The second-order valence-electron chi connectivity index (χ2n) is 4.05. The summed E-state index contributed by atoms with van der Waals surface area (Å²) < 4.78 is 30.3. The maximum absolute atomic E-state index is 12.9. The molecule has 2 rings (SSSR count). The first-order valence-corrected chi connectivity index (χ1v) is 5.01. The van der Waals surface area contributed by atoms with Gasteiger partial charge in [-0.15, -0.1) is 0 Å². The maximum atomic E-state index is 12.9. The molecular weight excluding hydrogens is 204 g/mol. The van der Waals surface area contributed by atoms with Gasteiger partial charge in [0.25, 0.3) is 0 Å². The van der Waals surface area contributed by atoms with E-state index in [9.17, 15) is 8.78 Å². The predicted molar refractivity (Wildman–Crippen MR) is 49.3 cm³/mol. The topological polar surface area (TPSA) is 64.9 Å². The minimum Gasteiger partial charge on any atom is -0.351 e. The van der Waals surface area contributed by atoms with E-state index in [0.717, 1.165) is 0 Å². The largest absolute Gasteiger partial charge is 0.351 e. The van der Waals surface area contributed by atoms with E-state index in [4.69, 9.17) is 5.73 Å². The standard InChI is InChI=1S/C9H13F2N3O/c10-9(11)3-1-6(2-4-9)5-7-13-8(12)15-14-7/h6H,1-5H2,(H2,12,13,14). The molecule has 1 heterocycles. The highest BCUT2D eigenvalue weighted by Gasteiger charge is 2.35. The lowest BCUT2D eigenvalue weighted by Gasteiger charge is -2.27. The number of nitrogen functional groups attached to an aromatic ring is 1. The third-order valence-corrected chi connectivity index (χ3v) is 2.79. The van der Waals surface area contributed by atoms with Crippen LogP contribution in [0.5, 0.6) is 0 Å². The molecule has 0 bridgehead atoms. The van der Waals surface area contributed by atoms with Crippen molar-refractivity contribution in [1.29, 1.82) is 0 Å². The molecule has 0 atom stereocenters. The van der Waals surface area contributed by atoms with Gasteiger partial charge in [-0.3, -0.25) is 0 Å². The number of aromatic nitrogens is 2. The van der Waals surface area contributed by atoms with Crippen LogP contribution in [0.2, 0.25) is 0 Å². The van der Waals surface area contributed by atoms with E-state index in [0.29, 0.717) is 25.1 Å². The fourth-order valence-electron chi connectivity index (χ4n) is 1.91. The number of nitrogens with two attached hydrogens (primary N) is 1. The monoisotopic (exact) mass is 217 g/mol. The minimum absolute atomic E-state index is 0.0335. The second kappa shape index (κ2) is 3.75. The van der Waals surface area contributed by atoms with Gasteiger partial charge in [0, 0.05) is 19.3 Å². The van der Waals surface area contributed by atoms with Gasteiger partial charge in [-0.25, -0.2) is 8.78 Å². The molecule has 1 aromatic rings. The molecule has 1 saturated carbocycles. The molecule has 0 radical (unpaired) electrons. The van der Waals surface area contributed by atoms with Gasteiger partial charge in [0.05, 0.1) is 0 Å². The van der Waals surface area contributed by atoms with Crippen LogP contribution in [-0.2, 0) is 6.42 Å². The zero-order valence-corrected chi connectivity index (χ0v) is 8.25. The summed E-state index contributed by atoms with van der Waals surface area (Å²) in [6.45, 7) is 0. The maximum Gasteiger partial charge on any atom is 0.318 e. The van der Waals surface area contributed by atoms with Crippen LogP contribution >= 0.6 is 0 Å². The van der Waals surface area contributed by atoms with Crippen LogP contribution in [0.25, 0.3) is 0 Å². The molecule has 2 N–H and O–H groups in total. The lowest BCUT2D eigenvalue weighted by atomic mass is 9.85. The Balaban J connectivity index is 1.87. The second-order valence-corrected chi connectivity index (χ2v) is 4.05. The summed E-state index contributed by atoms with van der Waals surface area (Å²) in [7, 11) is 0. The fourth-order valence-corrected chi connectivity index (χ4v) is 1.91. The minimum atomic E-state index is -2.48. The molecule has 1 aliphatic rings. The van der Waals surface area contributed by atoms with Crippen LogP contribution in [0.15, 0.2) is 4.52 Å². The Labute approximate surface area is 85.8 Å². The van der Waals surface area contributed by atoms with Crippen molar-refractivity contribution in [3.05, 3.63) is 5.82 Å². The Morgan fingerprint density at radius 1 is 1.40 bits per heavy atom. The van der Waals surface area contributed by atoms with Crippen LogP contribution in [0.1, 0.15) is 31.5 Å².